The molecule has 1 fully saturated rings. The maximum absolute atomic E-state index is 13.1. The fourth-order valence-corrected chi connectivity index (χ4v) is 4.21. The number of amides is 1. The first kappa shape index (κ1) is 20.3. The van der Waals surface area contributed by atoms with E-state index in [1.165, 1.54) is 18.2 Å². The van der Waals surface area contributed by atoms with Crippen LogP contribution in [0.3, 0.4) is 0 Å². The Labute approximate surface area is 173 Å². The molecule has 0 radical (unpaired) electrons. The number of rotatable bonds is 4. The molecule has 2 N–H and O–H groups in total. The van der Waals surface area contributed by atoms with Crippen LogP contribution in [-0.4, -0.2) is 49.2 Å². The van der Waals surface area contributed by atoms with Crippen LogP contribution in [0.5, 0.6) is 0 Å². The summed E-state index contributed by atoms with van der Waals surface area (Å²) in [5, 5.41) is 13.6. The Morgan fingerprint density at radius 2 is 1.90 bits per heavy atom. The molecular weight excluding hydrogens is 387 g/mol. The average molecular weight is 412 g/mol. The van der Waals surface area contributed by atoms with E-state index < -0.39 is 5.60 Å². The summed E-state index contributed by atoms with van der Waals surface area (Å²) < 4.78 is 14.7. The maximum atomic E-state index is 13.1. The first-order valence-corrected chi connectivity index (χ1v) is 10.1. The van der Waals surface area contributed by atoms with E-state index in [0.29, 0.717) is 38.0 Å². The molecule has 0 atom stereocenters. The van der Waals surface area contributed by atoms with Crippen molar-refractivity contribution in [1.82, 2.24) is 19.5 Å². The zero-order chi connectivity index (χ0) is 21.5. The van der Waals surface area contributed by atoms with Crippen LogP contribution in [-0.2, 0) is 17.6 Å². The molecule has 0 spiro atoms. The molecule has 4 rings (SSSR count). The summed E-state index contributed by atoms with van der Waals surface area (Å²) in [6.45, 7) is 4.62. The minimum atomic E-state index is -0.897. The van der Waals surface area contributed by atoms with E-state index in [1.807, 2.05) is 13.8 Å². The van der Waals surface area contributed by atoms with Crippen molar-refractivity contribution in [1.29, 1.82) is 0 Å². The van der Waals surface area contributed by atoms with Gasteiger partial charge >= 0.3 is 0 Å². The highest BCUT2D eigenvalue weighted by molar-refractivity contribution is 5.79. The summed E-state index contributed by atoms with van der Waals surface area (Å²) in [5.41, 5.74) is 2.60. The van der Waals surface area contributed by atoms with Crippen molar-refractivity contribution >= 4 is 11.6 Å². The van der Waals surface area contributed by atoms with E-state index in [4.69, 9.17) is 0 Å². The van der Waals surface area contributed by atoms with Gasteiger partial charge in [0.2, 0.25) is 5.91 Å². The van der Waals surface area contributed by atoms with Gasteiger partial charge < -0.3 is 10.0 Å². The number of likely N-dealkylation sites (tertiary alicyclic amines) is 1. The topological polar surface area (TPSA) is 90.7 Å². The summed E-state index contributed by atoms with van der Waals surface area (Å²) in [5.74, 6) is -0.325. The van der Waals surface area contributed by atoms with Gasteiger partial charge in [-0.2, -0.15) is 0 Å². The van der Waals surface area contributed by atoms with Gasteiger partial charge in [0.25, 0.3) is 5.56 Å². The Hall–Kier alpha value is -3.00. The van der Waals surface area contributed by atoms with Crippen LogP contribution in [0, 0.1) is 19.7 Å². The van der Waals surface area contributed by atoms with Gasteiger partial charge in [-0.25, -0.2) is 13.9 Å². The van der Waals surface area contributed by atoms with Crippen molar-refractivity contribution in [2.24, 2.45) is 0 Å². The van der Waals surface area contributed by atoms with E-state index in [9.17, 15) is 19.1 Å². The predicted octanol–water partition coefficient (Wildman–Crippen LogP) is 1.92. The monoisotopic (exact) mass is 412 g/mol. The van der Waals surface area contributed by atoms with Crippen molar-refractivity contribution in [3.8, 4) is 0 Å². The summed E-state index contributed by atoms with van der Waals surface area (Å²) in [7, 11) is 0. The van der Waals surface area contributed by atoms with Crippen LogP contribution in [0.25, 0.3) is 5.65 Å². The van der Waals surface area contributed by atoms with Crippen molar-refractivity contribution in [3.05, 3.63) is 69.0 Å². The van der Waals surface area contributed by atoms with Crippen molar-refractivity contribution in [3.63, 3.8) is 0 Å². The fraction of sp³-hybridized carbons (Fsp3) is 0.409. The molecule has 3 aromatic rings. The van der Waals surface area contributed by atoms with Crippen LogP contribution >= 0.6 is 0 Å². The summed E-state index contributed by atoms with van der Waals surface area (Å²) in [6, 6.07) is 7.59. The lowest BCUT2D eigenvalue weighted by Gasteiger charge is -2.38. The van der Waals surface area contributed by atoms with Crippen LogP contribution in [0.4, 0.5) is 4.39 Å². The SMILES string of the molecule is Cc1nc2cc(=O)[nH]n2c(C)c1CC(=O)N1CCC(O)(Cc2ccc(F)cc2)CC1. The second kappa shape index (κ2) is 7.68. The predicted molar refractivity (Wildman–Crippen MR) is 110 cm³/mol. The number of hydrogen-bond donors (Lipinski definition) is 2. The second-order valence-corrected chi connectivity index (χ2v) is 8.16. The number of fused-ring (bicyclic) bond motifs is 1. The zero-order valence-electron chi connectivity index (χ0n) is 17.1. The van der Waals surface area contributed by atoms with Crippen molar-refractivity contribution < 1.29 is 14.3 Å². The molecule has 1 amide bonds. The molecule has 3 heterocycles. The quantitative estimate of drug-likeness (QED) is 0.685. The number of aryl methyl sites for hydroxylation is 2. The molecular formula is C22H25FN4O3. The number of aromatic amines is 1. The average Bonchev–Trinajstić information content (AvgIpc) is 3.07. The molecule has 1 saturated heterocycles. The fourth-order valence-electron chi connectivity index (χ4n) is 4.21. The third-order valence-corrected chi connectivity index (χ3v) is 6.02. The number of piperidine rings is 1. The van der Waals surface area contributed by atoms with Crippen LogP contribution in [0.1, 0.15) is 35.4 Å². The van der Waals surface area contributed by atoms with Crippen molar-refractivity contribution in [2.45, 2.75) is 45.1 Å². The molecule has 1 aromatic carbocycles. The van der Waals surface area contributed by atoms with Crippen LogP contribution in [0.15, 0.2) is 35.1 Å². The molecule has 2 aromatic heterocycles. The molecule has 0 bridgehead atoms. The lowest BCUT2D eigenvalue weighted by molar-refractivity contribution is -0.134. The van der Waals surface area contributed by atoms with E-state index in [0.717, 1.165) is 22.5 Å². The van der Waals surface area contributed by atoms with Gasteiger partial charge in [0.05, 0.1) is 12.0 Å². The zero-order valence-corrected chi connectivity index (χ0v) is 17.1. The number of aromatic nitrogens is 3. The van der Waals surface area contributed by atoms with Gasteiger partial charge in [-0.15, -0.1) is 0 Å². The highest BCUT2D eigenvalue weighted by atomic mass is 19.1. The number of benzene rings is 1. The molecule has 1 aliphatic heterocycles. The van der Waals surface area contributed by atoms with E-state index in [-0.39, 0.29) is 23.7 Å². The van der Waals surface area contributed by atoms with Gasteiger partial charge in [-0.1, -0.05) is 12.1 Å². The van der Waals surface area contributed by atoms with Gasteiger partial charge in [-0.3, -0.25) is 14.7 Å². The molecule has 1 aliphatic rings. The van der Waals surface area contributed by atoms with Gasteiger partial charge in [0, 0.05) is 42.5 Å². The lowest BCUT2D eigenvalue weighted by atomic mass is 9.85. The van der Waals surface area contributed by atoms with Crippen LogP contribution < -0.4 is 5.56 Å². The lowest BCUT2D eigenvalue weighted by Crippen LogP contribution is -2.48. The molecule has 158 valence electrons. The number of halogens is 1. The Morgan fingerprint density at radius 1 is 1.23 bits per heavy atom. The van der Waals surface area contributed by atoms with E-state index in [2.05, 4.69) is 10.1 Å². The minimum Gasteiger partial charge on any atom is -0.389 e. The number of carbonyl (C=O) groups is 1. The summed E-state index contributed by atoms with van der Waals surface area (Å²) in [6.07, 6.45) is 1.57. The Kier molecular flexibility index (Phi) is 5.19. The number of nitrogens with zero attached hydrogens (tertiary/aromatic N) is 3. The summed E-state index contributed by atoms with van der Waals surface area (Å²) in [4.78, 5) is 30.7. The van der Waals surface area contributed by atoms with E-state index >= 15 is 0 Å². The number of H-pyrrole nitrogens is 1. The molecule has 7 nitrogen and oxygen atoms in total. The molecule has 30 heavy (non-hydrogen) atoms. The molecule has 0 unspecified atom stereocenters. The minimum absolute atomic E-state index is 0.0271. The van der Waals surface area contributed by atoms with Crippen LogP contribution in [0.2, 0.25) is 0 Å². The highest BCUT2D eigenvalue weighted by Gasteiger charge is 2.34. The number of hydrogen-bond acceptors (Lipinski definition) is 4. The standard InChI is InChI=1S/C22H25FN4O3/c1-14-18(15(2)27-19(24-14)12-20(28)25-27)11-21(29)26-9-7-22(30,8-10-26)13-16-3-5-17(23)6-4-16/h3-6,12,30H,7-11,13H2,1-2H3,(H,25,28). The molecule has 8 heteroatoms. The third kappa shape index (κ3) is 4.00. The van der Waals surface area contributed by atoms with E-state index in [1.54, 1.807) is 21.5 Å². The number of carbonyl (C=O) groups excluding carboxylic acids is 1. The van der Waals surface area contributed by atoms with Gasteiger partial charge in [0.15, 0.2) is 5.65 Å². The first-order valence-electron chi connectivity index (χ1n) is 10.1. The summed E-state index contributed by atoms with van der Waals surface area (Å²) >= 11 is 0. The second-order valence-electron chi connectivity index (χ2n) is 8.16. The Balaban J connectivity index is 1.43. The van der Waals surface area contributed by atoms with Crippen molar-refractivity contribution in [2.75, 3.05) is 13.1 Å². The van der Waals surface area contributed by atoms with Gasteiger partial charge in [-0.05, 0) is 44.4 Å². The highest BCUT2D eigenvalue weighted by Crippen LogP contribution is 2.27. The molecule has 0 saturated carbocycles. The maximum Gasteiger partial charge on any atom is 0.266 e. The Morgan fingerprint density at radius 3 is 2.57 bits per heavy atom. The number of nitrogens with one attached hydrogen (secondary N) is 1. The largest absolute Gasteiger partial charge is 0.389 e. The smallest absolute Gasteiger partial charge is 0.266 e. The third-order valence-electron chi connectivity index (χ3n) is 6.02. The van der Waals surface area contributed by atoms with Gasteiger partial charge in [0.1, 0.15) is 5.82 Å². The normalized spacial score (nSPS) is 16.2. The Bertz CT molecular complexity index is 1140. The molecule has 0 aliphatic carbocycles. The first-order chi connectivity index (χ1) is 14.2. The number of aliphatic hydroxyl groups is 1.